The highest BCUT2D eigenvalue weighted by molar-refractivity contribution is 7.13. The summed E-state index contributed by atoms with van der Waals surface area (Å²) in [4.78, 5) is 30.5. The van der Waals surface area contributed by atoms with Crippen LogP contribution in [0.2, 0.25) is 0 Å². The van der Waals surface area contributed by atoms with Crippen molar-refractivity contribution in [2.75, 3.05) is 20.3 Å². The molecule has 0 unspecified atom stereocenters. The van der Waals surface area contributed by atoms with Crippen molar-refractivity contribution in [2.45, 2.75) is 89.3 Å². The van der Waals surface area contributed by atoms with E-state index in [1.165, 1.54) is 12.7 Å². The molecule has 2 aliphatic rings. The highest BCUT2D eigenvalue weighted by Gasteiger charge is 2.46. The molecular formula is C34H43F3N4O6S. The number of alkyl halides is 3. The Labute approximate surface area is 282 Å². The number of carboxylic acids is 1. The van der Waals surface area contributed by atoms with Gasteiger partial charge in [0.2, 0.25) is 11.8 Å². The maximum Gasteiger partial charge on any atom is 0.490 e. The van der Waals surface area contributed by atoms with Crippen molar-refractivity contribution in [3.63, 3.8) is 0 Å². The number of methoxy groups -OCH3 is 1. The maximum absolute atomic E-state index is 12.5. The predicted molar refractivity (Wildman–Crippen MR) is 175 cm³/mol. The largest absolute Gasteiger partial charge is 0.490 e. The van der Waals surface area contributed by atoms with Gasteiger partial charge in [-0.05, 0) is 54.7 Å². The fourth-order valence-electron chi connectivity index (χ4n) is 5.82. The number of pyridine rings is 1. The van der Waals surface area contributed by atoms with Gasteiger partial charge in [-0.1, -0.05) is 45.0 Å². The topological polar surface area (TPSA) is 143 Å². The lowest BCUT2D eigenvalue weighted by atomic mass is 9.73. The molecule has 3 heterocycles. The van der Waals surface area contributed by atoms with E-state index in [4.69, 9.17) is 24.4 Å². The summed E-state index contributed by atoms with van der Waals surface area (Å²) in [5.41, 5.74) is 4.27. The Morgan fingerprint density at radius 1 is 1.15 bits per heavy atom. The number of rotatable bonds is 11. The number of amides is 1. The van der Waals surface area contributed by atoms with Crippen LogP contribution in [-0.4, -0.2) is 76.2 Å². The molecule has 1 saturated carbocycles. The van der Waals surface area contributed by atoms with E-state index in [1.54, 1.807) is 17.5 Å². The summed E-state index contributed by atoms with van der Waals surface area (Å²) in [5, 5.41) is 28.1. The third-order valence-corrected chi connectivity index (χ3v) is 9.01. The van der Waals surface area contributed by atoms with Crippen LogP contribution in [0.25, 0.3) is 10.6 Å². The summed E-state index contributed by atoms with van der Waals surface area (Å²) in [6.07, 6.45) is 3.28. The first kappa shape index (κ1) is 37.2. The minimum Gasteiger partial charge on any atom is -0.475 e. The molecule has 10 nitrogen and oxygen atoms in total. The van der Waals surface area contributed by atoms with E-state index >= 15 is 0 Å². The van der Waals surface area contributed by atoms with Gasteiger partial charge in [-0.3, -0.25) is 4.79 Å². The van der Waals surface area contributed by atoms with Crippen molar-refractivity contribution in [3.8, 4) is 16.5 Å². The van der Waals surface area contributed by atoms with E-state index < -0.39 is 24.3 Å². The minimum absolute atomic E-state index is 0.00836. The highest BCUT2D eigenvalue weighted by Crippen LogP contribution is 2.48. The number of nitrogens with one attached hydrogen (secondary N) is 2. The molecule has 3 aromatic rings. The minimum atomic E-state index is -5.08. The Hall–Kier alpha value is -3.59. The van der Waals surface area contributed by atoms with Gasteiger partial charge in [0.15, 0.2) is 0 Å². The number of nitrogens with zero attached hydrogens (tertiary/aromatic N) is 2. The van der Waals surface area contributed by atoms with Gasteiger partial charge in [0.05, 0.1) is 12.1 Å². The zero-order valence-corrected chi connectivity index (χ0v) is 28.3. The number of carbonyl (C=O) groups is 2. The van der Waals surface area contributed by atoms with Crippen LogP contribution in [0.1, 0.15) is 69.2 Å². The van der Waals surface area contributed by atoms with Crippen LogP contribution in [0.5, 0.6) is 5.88 Å². The average Bonchev–Trinajstić information content (AvgIpc) is 3.53. The summed E-state index contributed by atoms with van der Waals surface area (Å²) < 4.78 is 43.2. The smallest absolute Gasteiger partial charge is 0.475 e. The Kier molecular flexibility index (Phi) is 12.2. The second-order valence-corrected chi connectivity index (χ2v) is 14.4. The van der Waals surface area contributed by atoms with Crippen molar-refractivity contribution in [3.05, 3.63) is 64.8 Å². The number of benzene rings is 1. The average molecular weight is 693 g/mol. The van der Waals surface area contributed by atoms with Crippen molar-refractivity contribution in [2.24, 2.45) is 5.41 Å². The summed E-state index contributed by atoms with van der Waals surface area (Å²) in [6.45, 7) is 6.94. The van der Waals surface area contributed by atoms with E-state index in [1.807, 2.05) is 35.8 Å². The first-order valence-corrected chi connectivity index (χ1v) is 16.6. The molecule has 1 aromatic carbocycles. The fourth-order valence-corrected chi connectivity index (χ4v) is 6.46. The van der Waals surface area contributed by atoms with Crippen molar-refractivity contribution < 1.29 is 42.4 Å². The molecule has 1 aliphatic heterocycles. The molecule has 0 saturated heterocycles. The number of carbonyl (C=O) groups excluding carboxylic acids is 1. The first-order valence-electron chi connectivity index (χ1n) is 15.7. The second-order valence-electron chi connectivity index (χ2n) is 13.5. The lowest BCUT2D eigenvalue weighted by Crippen LogP contribution is -2.52. The highest BCUT2D eigenvalue weighted by atomic mass is 32.1. The van der Waals surface area contributed by atoms with Gasteiger partial charge >= 0.3 is 12.1 Å². The quantitative estimate of drug-likeness (QED) is 0.205. The zero-order valence-electron chi connectivity index (χ0n) is 27.5. The number of halogens is 3. The van der Waals surface area contributed by atoms with Crippen LogP contribution in [0.4, 0.5) is 13.2 Å². The third kappa shape index (κ3) is 10.5. The van der Waals surface area contributed by atoms with Crippen molar-refractivity contribution >= 4 is 23.2 Å². The zero-order chi connectivity index (χ0) is 35.1. The number of thiazole rings is 1. The number of ether oxygens (including phenoxy) is 2. The maximum atomic E-state index is 12.5. The SMILES string of the molecule is COCC(=O)N[C@@H](Cc1ccc(-c2nccs2)cc1)[C@H](O)CN[C@H]1CC2(CCC2)Oc2ncc(CC(C)(C)C)cc21.O=C(O)C(F)(F)F. The van der Waals surface area contributed by atoms with Crippen LogP contribution in [0.3, 0.4) is 0 Å². The molecule has 2 aromatic heterocycles. The lowest BCUT2D eigenvalue weighted by molar-refractivity contribution is -0.192. The van der Waals surface area contributed by atoms with Gasteiger partial charge in [-0.2, -0.15) is 13.2 Å². The number of hydrogen-bond donors (Lipinski definition) is 4. The fraction of sp³-hybridized carbons (Fsp3) is 0.529. The molecule has 0 radical (unpaired) electrons. The first-order chi connectivity index (χ1) is 22.6. The second kappa shape index (κ2) is 15.7. The summed E-state index contributed by atoms with van der Waals surface area (Å²) in [7, 11) is 1.49. The van der Waals surface area contributed by atoms with Crippen LogP contribution in [-0.2, 0) is 27.2 Å². The molecule has 1 amide bonds. The summed E-state index contributed by atoms with van der Waals surface area (Å²) >= 11 is 1.59. The Morgan fingerprint density at radius 2 is 1.83 bits per heavy atom. The molecule has 1 spiro atoms. The summed E-state index contributed by atoms with van der Waals surface area (Å²) in [6, 6.07) is 9.86. The number of aromatic nitrogens is 2. The van der Waals surface area contributed by atoms with Gasteiger partial charge in [-0.15, -0.1) is 11.3 Å². The Balaban J connectivity index is 0.000000671. The van der Waals surface area contributed by atoms with Gasteiger partial charge in [0.25, 0.3) is 0 Å². The number of fused-ring (bicyclic) bond motifs is 1. The molecule has 0 bridgehead atoms. The van der Waals surface area contributed by atoms with Crippen molar-refractivity contribution in [1.29, 1.82) is 0 Å². The lowest BCUT2D eigenvalue weighted by Gasteiger charge is -2.47. The standard InChI is InChI=1S/C32H42N4O4S.C2HF3O2/c1-31(2,3)16-22-14-24-26(17-32(10-5-11-32)40-29(24)35-18-22)34-19-27(37)25(36-28(38)20-39-4)15-21-6-8-23(9-7-21)30-33-12-13-41-30;3-2(4,5)1(6)7/h6-9,12-14,18,25-27,34,37H,5,10-11,15-17,19-20H2,1-4H3,(H,36,38);(H,6,7)/t25-,26-,27+;/m0./s1. The molecular weight excluding hydrogens is 649 g/mol. The van der Waals surface area contributed by atoms with E-state index in [-0.39, 0.29) is 29.6 Å². The molecule has 48 heavy (non-hydrogen) atoms. The van der Waals surface area contributed by atoms with Gasteiger partial charge in [0, 0.05) is 55.0 Å². The van der Waals surface area contributed by atoms with E-state index in [2.05, 4.69) is 42.5 Å². The molecule has 1 fully saturated rings. The molecule has 14 heteroatoms. The number of carboxylic acid groups (broad SMARTS) is 1. The van der Waals surface area contributed by atoms with Crippen LogP contribution in [0.15, 0.2) is 48.1 Å². The number of aliphatic hydroxyl groups is 1. The molecule has 3 atom stereocenters. The Bertz CT molecular complexity index is 1510. The Morgan fingerprint density at radius 3 is 2.38 bits per heavy atom. The molecule has 4 N–H and O–H groups in total. The molecule has 5 rings (SSSR count). The van der Waals surface area contributed by atoms with Gasteiger partial charge in [-0.25, -0.2) is 14.8 Å². The van der Waals surface area contributed by atoms with E-state index in [0.717, 1.165) is 53.8 Å². The van der Waals surface area contributed by atoms with Gasteiger partial charge in [0.1, 0.15) is 17.2 Å². The molecule has 262 valence electrons. The van der Waals surface area contributed by atoms with Crippen LogP contribution >= 0.6 is 11.3 Å². The van der Waals surface area contributed by atoms with Crippen LogP contribution < -0.4 is 15.4 Å². The predicted octanol–water partition coefficient (Wildman–Crippen LogP) is 5.50. The van der Waals surface area contributed by atoms with Crippen molar-refractivity contribution in [1.82, 2.24) is 20.6 Å². The summed E-state index contributed by atoms with van der Waals surface area (Å²) in [5.74, 6) is -2.31. The monoisotopic (exact) mass is 692 g/mol. The number of aliphatic carboxylic acids is 1. The normalized spacial score (nSPS) is 18.0. The van der Waals surface area contributed by atoms with E-state index in [9.17, 15) is 23.1 Å². The van der Waals surface area contributed by atoms with Gasteiger partial charge < -0.3 is 30.3 Å². The molecule has 1 aliphatic carbocycles. The number of hydrogen-bond acceptors (Lipinski definition) is 9. The third-order valence-electron chi connectivity index (χ3n) is 8.19. The van der Waals surface area contributed by atoms with E-state index in [0.29, 0.717) is 18.8 Å². The number of aliphatic hydroxyl groups excluding tert-OH is 1. The van der Waals surface area contributed by atoms with Crippen LogP contribution in [0, 0.1) is 5.41 Å².